The highest BCUT2D eigenvalue weighted by Gasteiger charge is 2.12. The van der Waals surface area contributed by atoms with Crippen molar-refractivity contribution in [3.8, 4) is 11.8 Å². The topological polar surface area (TPSA) is 62.2 Å². The van der Waals surface area contributed by atoms with Gasteiger partial charge in [0.15, 0.2) is 0 Å². The summed E-state index contributed by atoms with van der Waals surface area (Å²) in [4.78, 5) is 16.3. The summed E-state index contributed by atoms with van der Waals surface area (Å²) in [5.41, 5.74) is 2.45. The molecule has 0 spiro atoms. The van der Waals surface area contributed by atoms with Gasteiger partial charge in [0.25, 0.3) is 5.91 Å². The number of hydrogen-bond donors (Lipinski definition) is 2. The number of nitrogens with zero attached hydrogens (tertiary/aromatic N) is 1. The standard InChI is InChI=1S/C16H14N2O2/c1-12-6-2-3-9-14(12)18-16(20)15-13(8-5-11-19)7-4-10-17-15/h2-4,6-7,9-10,19H,11H2,1H3,(H,18,20). The van der Waals surface area contributed by atoms with E-state index in [0.717, 1.165) is 11.3 Å². The number of para-hydroxylation sites is 1. The number of aliphatic hydroxyl groups excluding tert-OH is 1. The number of anilines is 1. The van der Waals surface area contributed by atoms with Crippen molar-refractivity contribution in [3.63, 3.8) is 0 Å². The largest absolute Gasteiger partial charge is 0.384 e. The molecule has 0 saturated carbocycles. The zero-order chi connectivity index (χ0) is 14.4. The lowest BCUT2D eigenvalue weighted by atomic mass is 10.1. The lowest BCUT2D eigenvalue weighted by Gasteiger charge is -2.08. The van der Waals surface area contributed by atoms with Crippen molar-refractivity contribution in [2.75, 3.05) is 11.9 Å². The van der Waals surface area contributed by atoms with E-state index < -0.39 is 0 Å². The summed E-state index contributed by atoms with van der Waals surface area (Å²) in [5.74, 6) is 4.92. The van der Waals surface area contributed by atoms with Gasteiger partial charge < -0.3 is 10.4 Å². The molecule has 1 heterocycles. The monoisotopic (exact) mass is 266 g/mol. The molecule has 20 heavy (non-hydrogen) atoms. The Hall–Kier alpha value is -2.64. The minimum atomic E-state index is -0.317. The molecule has 0 fully saturated rings. The molecule has 0 aliphatic rings. The van der Waals surface area contributed by atoms with Crippen LogP contribution in [0.3, 0.4) is 0 Å². The number of aromatic nitrogens is 1. The molecular weight excluding hydrogens is 252 g/mol. The number of aliphatic hydroxyl groups is 1. The highest BCUT2D eigenvalue weighted by molar-refractivity contribution is 6.04. The molecule has 0 aliphatic heterocycles. The maximum absolute atomic E-state index is 12.2. The summed E-state index contributed by atoms with van der Waals surface area (Å²) in [6.07, 6.45) is 1.54. The van der Waals surface area contributed by atoms with Gasteiger partial charge in [-0.15, -0.1) is 0 Å². The van der Waals surface area contributed by atoms with Crippen LogP contribution < -0.4 is 5.32 Å². The molecule has 2 rings (SSSR count). The average Bonchev–Trinajstić information content (AvgIpc) is 2.47. The molecule has 0 unspecified atom stereocenters. The first kappa shape index (κ1) is 13.8. The lowest BCUT2D eigenvalue weighted by Crippen LogP contribution is -2.16. The van der Waals surface area contributed by atoms with Gasteiger partial charge in [0.05, 0.1) is 5.56 Å². The van der Waals surface area contributed by atoms with Gasteiger partial charge in [-0.2, -0.15) is 0 Å². The van der Waals surface area contributed by atoms with Gasteiger partial charge in [-0.25, -0.2) is 4.98 Å². The number of carbonyl (C=O) groups is 1. The summed E-state index contributed by atoms with van der Waals surface area (Å²) in [5, 5.41) is 11.5. The maximum Gasteiger partial charge on any atom is 0.275 e. The lowest BCUT2D eigenvalue weighted by molar-refractivity contribution is 0.102. The summed E-state index contributed by atoms with van der Waals surface area (Å²) in [6, 6.07) is 10.9. The number of hydrogen-bond acceptors (Lipinski definition) is 3. The van der Waals surface area contributed by atoms with Crippen LogP contribution in [0.5, 0.6) is 0 Å². The van der Waals surface area contributed by atoms with Crippen LogP contribution in [-0.2, 0) is 0 Å². The molecule has 0 bridgehead atoms. The average molecular weight is 266 g/mol. The minimum absolute atomic E-state index is 0.247. The second-order valence-electron chi connectivity index (χ2n) is 4.13. The first-order valence-electron chi connectivity index (χ1n) is 6.14. The number of amides is 1. The third-order valence-corrected chi connectivity index (χ3v) is 2.72. The molecule has 100 valence electrons. The van der Waals surface area contributed by atoms with Gasteiger partial charge in [-0.05, 0) is 30.7 Å². The Balaban J connectivity index is 2.28. The first-order chi connectivity index (χ1) is 9.72. The predicted octanol–water partition coefficient (Wildman–Crippen LogP) is 1.99. The van der Waals surface area contributed by atoms with E-state index in [1.54, 1.807) is 12.1 Å². The number of nitrogens with one attached hydrogen (secondary N) is 1. The normalized spacial score (nSPS) is 9.50. The molecule has 4 heteroatoms. The zero-order valence-electron chi connectivity index (χ0n) is 11.1. The molecular formula is C16H14N2O2. The molecule has 1 aromatic heterocycles. The number of pyridine rings is 1. The minimum Gasteiger partial charge on any atom is -0.384 e. The van der Waals surface area contributed by atoms with Gasteiger partial charge in [-0.3, -0.25) is 4.79 Å². The van der Waals surface area contributed by atoms with Crippen LogP contribution in [0.2, 0.25) is 0 Å². The molecule has 2 N–H and O–H groups in total. The SMILES string of the molecule is Cc1ccccc1NC(=O)c1ncccc1C#CCO. The van der Waals surface area contributed by atoms with E-state index in [0.29, 0.717) is 5.56 Å². The predicted molar refractivity (Wildman–Crippen MR) is 77.3 cm³/mol. The van der Waals surface area contributed by atoms with E-state index in [2.05, 4.69) is 22.1 Å². The maximum atomic E-state index is 12.2. The van der Waals surface area contributed by atoms with Crippen LogP contribution in [0.15, 0.2) is 42.6 Å². The number of benzene rings is 1. The van der Waals surface area contributed by atoms with Crippen LogP contribution in [0, 0.1) is 18.8 Å². The van der Waals surface area contributed by atoms with Crippen molar-refractivity contribution in [2.45, 2.75) is 6.92 Å². The highest BCUT2D eigenvalue weighted by atomic mass is 16.2. The van der Waals surface area contributed by atoms with E-state index in [9.17, 15) is 4.79 Å². The Morgan fingerprint density at radius 3 is 2.85 bits per heavy atom. The Morgan fingerprint density at radius 1 is 1.30 bits per heavy atom. The molecule has 0 atom stereocenters. The van der Waals surface area contributed by atoms with Crippen LogP contribution in [0.25, 0.3) is 0 Å². The fraction of sp³-hybridized carbons (Fsp3) is 0.125. The molecule has 0 radical (unpaired) electrons. The summed E-state index contributed by atoms with van der Waals surface area (Å²) in [7, 11) is 0. The van der Waals surface area contributed by atoms with Crippen molar-refractivity contribution >= 4 is 11.6 Å². The van der Waals surface area contributed by atoms with Gasteiger partial charge in [0.1, 0.15) is 12.3 Å². The van der Waals surface area contributed by atoms with E-state index in [-0.39, 0.29) is 18.2 Å². The molecule has 0 aliphatic carbocycles. The van der Waals surface area contributed by atoms with Gasteiger partial charge >= 0.3 is 0 Å². The van der Waals surface area contributed by atoms with Crippen molar-refractivity contribution in [1.82, 2.24) is 4.98 Å². The summed E-state index contributed by atoms with van der Waals surface area (Å²) < 4.78 is 0. The first-order valence-corrected chi connectivity index (χ1v) is 6.14. The Kier molecular flexibility index (Phi) is 4.48. The third kappa shape index (κ3) is 3.22. The molecule has 4 nitrogen and oxygen atoms in total. The fourth-order valence-corrected chi connectivity index (χ4v) is 1.72. The van der Waals surface area contributed by atoms with E-state index in [1.165, 1.54) is 6.20 Å². The molecule has 1 aromatic carbocycles. The van der Waals surface area contributed by atoms with Gasteiger partial charge in [0.2, 0.25) is 0 Å². The van der Waals surface area contributed by atoms with Crippen molar-refractivity contribution < 1.29 is 9.90 Å². The quantitative estimate of drug-likeness (QED) is 0.817. The van der Waals surface area contributed by atoms with Crippen molar-refractivity contribution in [2.24, 2.45) is 0 Å². The molecule has 0 saturated heterocycles. The summed E-state index contributed by atoms with van der Waals surface area (Å²) >= 11 is 0. The molecule has 1 amide bonds. The van der Waals surface area contributed by atoms with Gasteiger partial charge in [-0.1, -0.05) is 30.0 Å². The second kappa shape index (κ2) is 6.50. The Bertz CT molecular complexity index is 684. The smallest absolute Gasteiger partial charge is 0.275 e. The highest BCUT2D eigenvalue weighted by Crippen LogP contribution is 2.15. The fourth-order valence-electron chi connectivity index (χ4n) is 1.72. The third-order valence-electron chi connectivity index (χ3n) is 2.72. The van der Waals surface area contributed by atoms with Gasteiger partial charge in [0, 0.05) is 11.9 Å². The van der Waals surface area contributed by atoms with Crippen LogP contribution in [0.1, 0.15) is 21.6 Å². The van der Waals surface area contributed by atoms with Crippen LogP contribution in [0.4, 0.5) is 5.69 Å². The zero-order valence-corrected chi connectivity index (χ0v) is 11.1. The Labute approximate surface area is 117 Å². The van der Waals surface area contributed by atoms with Crippen LogP contribution >= 0.6 is 0 Å². The van der Waals surface area contributed by atoms with E-state index in [1.807, 2.05) is 31.2 Å². The van der Waals surface area contributed by atoms with Crippen molar-refractivity contribution in [1.29, 1.82) is 0 Å². The Morgan fingerprint density at radius 2 is 2.10 bits per heavy atom. The number of carbonyl (C=O) groups excluding carboxylic acids is 1. The van der Waals surface area contributed by atoms with Crippen LogP contribution in [-0.4, -0.2) is 22.6 Å². The van der Waals surface area contributed by atoms with E-state index in [4.69, 9.17) is 5.11 Å². The number of rotatable bonds is 2. The second-order valence-corrected chi connectivity index (χ2v) is 4.13. The van der Waals surface area contributed by atoms with Crippen molar-refractivity contribution in [3.05, 3.63) is 59.4 Å². The number of aryl methyl sites for hydroxylation is 1. The molecule has 2 aromatic rings. The van der Waals surface area contributed by atoms with E-state index >= 15 is 0 Å². The summed E-state index contributed by atoms with van der Waals surface area (Å²) in [6.45, 7) is 1.66.